The lowest BCUT2D eigenvalue weighted by Crippen LogP contribution is -2.59. The second kappa shape index (κ2) is 9.52. The highest BCUT2D eigenvalue weighted by atomic mass is 35.5. The van der Waals surface area contributed by atoms with Crippen LogP contribution in [0.2, 0.25) is 5.15 Å². The van der Waals surface area contributed by atoms with Crippen LogP contribution in [0.3, 0.4) is 0 Å². The van der Waals surface area contributed by atoms with Crippen molar-refractivity contribution in [1.29, 1.82) is 5.26 Å². The second-order valence-electron chi connectivity index (χ2n) is 9.25. The van der Waals surface area contributed by atoms with Gasteiger partial charge < -0.3 is 4.90 Å². The molecule has 0 N–H and O–H groups in total. The number of imidazole rings is 1. The largest absolute Gasteiger partial charge is 0.349 e. The minimum Gasteiger partial charge on any atom is -0.349 e. The number of hydrogen-bond donors (Lipinski definition) is 0. The van der Waals surface area contributed by atoms with Crippen LogP contribution in [0, 0.1) is 11.3 Å². The molecule has 4 aromatic rings. The van der Waals surface area contributed by atoms with Crippen molar-refractivity contribution in [3.63, 3.8) is 0 Å². The molecular formula is C24H29ClN10O. The zero-order valence-corrected chi connectivity index (χ0v) is 21.6. The predicted molar refractivity (Wildman–Crippen MR) is 137 cm³/mol. The van der Waals surface area contributed by atoms with Crippen LogP contribution in [0.25, 0.3) is 16.7 Å². The number of nitriles is 1. The molecule has 0 bridgehead atoms. The van der Waals surface area contributed by atoms with Gasteiger partial charge in [0.1, 0.15) is 6.54 Å². The van der Waals surface area contributed by atoms with Gasteiger partial charge in [-0.1, -0.05) is 25.4 Å². The van der Waals surface area contributed by atoms with Gasteiger partial charge >= 0.3 is 5.69 Å². The summed E-state index contributed by atoms with van der Waals surface area (Å²) in [4.78, 5) is 26.2. The number of rotatable bonds is 6. The van der Waals surface area contributed by atoms with Crippen LogP contribution in [-0.4, -0.2) is 64.0 Å². The van der Waals surface area contributed by atoms with Crippen LogP contribution >= 0.6 is 11.6 Å². The molecule has 0 unspecified atom stereocenters. The minimum atomic E-state index is -0.331. The maximum atomic E-state index is 12.8. The Bertz CT molecular complexity index is 1520. The van der Waals surface area contributed by atoms with E-state index in [1.807, 2.05) is 12.1 Å². The highest BCUT2D eigenvalue weighted by Crippen LogP contribution is 2.33. The molecule has 0 spiro atoms. The molecule has 5 rings (SSSR count). The molecule has 0 aromatic carbocycles. The van der Waals surface area contributed by atoms with E-state index in [2.05, 4.69) is 51.7 Å². The number of piperazine rings is 1. The van der Waals surface area contributed by atoms with Gasteiger partial charge in [-0.2, -0.15) is 20.4 Å². The Hall–Kier alpha value is -3.49. The number of halogens is 1. The molecule has 1 aliphatic rings. The van der Waals surface area contributed by atoms with E-state index in [-0.39, 0.29) is 30.4 Å². The SMILES string of the molecule is CC[C@H]1CN([C@H](C)c2ccc3ncc(Cl)n3n2)[C@H](CC)CN1c1nc(=O)n(C)c2cn(CC#N)nc12. The first kappa shape index (κ1) is 24.2. The molecule has 1 fully saturated rings. The normalized spacial score (nSPS) is 19.7. The predicted octanol–water partition coefficient (Wildman–Crippen LogP) is 2.79. The molecule has 0 saturated carbocycles. The fourth-order valence-electron chi connectivity index (χ4n) is 5.16. The molecule has 3 atom stereocenters. The topological polar surface area (TPSA) is 113 Å². The summed E-state index contributed by atoms with van der Waals surface area (Å²) in [5, 5.41) is 19.0. The van der Waals surface area contributed by atoms with Crippen LogP contribution in [0.4, 0.5) is 5.82 Å². The number of fused-ring (bicyclic) bond motifs is 2. The van der Waals surface area contributed by atoms with Crippen molar-refractivity contribution >= 4 is 34.1 Å². The summed E-state index contributed by atoms with van der Waals surface area (Å²) < 4.78 is 4.72. The van der Waals surface area contributed by atoms with Crippen LogP contribution in [0.1, 0.15) is 45.3 Å². The van der Waals surface area contributed by atoms with E-state index < -0.39 is 0 Å². The van der Waals surface area contributed by atoms with Crippen molar-refractivity contribution in [3.05, 3.63) is 45.9 Å². The Morgan fingerprint density at radius 1 is 1.19 bits per heavy atom. The fraction of sp³-hybridized carbons (Fsp3) is 0.500. The third kappa shape index (κ3) is 4.00. The highest BCUT2D eigenvalue weighted by molar-refractivity contribution is 6.29. The maximum absolute atomic E-state index is 12.8. The van der Waals surface area contributed by atoms with Gasteiger partial charge in [0.2, 0.25) is 0 Å². The summed E-state index contributed by atoms with van der Waals surface area (Å²) in [7, 11) is 1.68. The lowest BCUT2D eigenvalue weighted by molar-refractivity contribution is 0.0982. The molecule has 4 aromatic heterocycles. The Morgan fingerprint density at radius 3 is 2.69 bits per heavy atom. The molecule has 11 nitrogen and oxygen atoms in total. The van der Waals surface area contributed by atoms with Gasteiger partial charge in [0.15, 0.2) is 22.1 Å². The number of nitrogens with zero attached hydrogens (tertiary/aromatic N) is 10. The number of anilines is 1. The molecule has 0 radical (unpaired) electrons. The summed E-state index contributed by atoms with van der Waals surface area (Å²) >= 11 is 6.27. The van der Waals surface area contributed by atoms with Crippen molar-refractivity contribution in [2.75, 3.05) is 18.0 Å². The van der Waals surface area contributed by atoms with E-state index in [9.17, 15) is 4.79 Å². The lowest BCUT2D eigenvalue weighted by Gasteiger charge is -2.48. The zero-order chi connectivity index (χ0) is 25.6. The monoisotopic (exact) mass is 508 g/mol. The van der Waals surface area contributed by atoms with E-state index in [0.29, 0.717) is 28.5 Å². The zero-order valence-electron chi connectivity index (χ0n) is 20.8. The third-order valence-corrected chi connectivity index (χ3v) is 7.51. The van der Waals surface area contributed by atoms with E-state index in [0.717, 1.165) is 30.7 Å². The summed E-state index contributed by atoms with van der Waals surface area (Å²) in [6.07, 6.45) is 5.14. The van der Waals surface area contributed by atoms with Gasteiger partial charge in [-0.25, -0.2) is 14.3 Å². The van der Waals surface area contributed by atoms with Crippen LogP contribution < -0.4 is 10.6 Å². The standard InChI is InChI=1S/C24H29ClN10O/c1-5-16-13-34(23-22-19(31(4)24(36)28-23)14-32(30-22)10-9-26)17(6-2)12-33(16)15(3)18-7-8-21-27-11-20(25)35(21)29-18/h7-8,11,14-17H,5-6,10,12-13H2,1-4H3/t15-,16-,17+/m1/s1. The molecule has 1 aliphatic heterocycles. The van der Waals surface area contributed by atoms with Gasteiger partial charge in [-0.15, -0.1) is 0 Å². The average molecular weight is 509 g/mol. The van der Waals surface area contributed by atoms with Gasteiger partial charge in [0.05, 0.1) is 35.7 Å². The lowest BCUT2D eigenvalue weighted by atomic mass is 9.99. The number of aromatic nitrogens is 7. The quantitative estimate of drug-likeness (QED) is 0.390. The van der Waals surface area contributed by atoms with Gasteiger partial charge in [-0.05, 0) is 31.9 Å². The van der Waals surface area contributed by atoms with E-state index >= 15 is 0 Å². The average Bonchev–Trinajstić information content (AvgIpc) is 3.48. The molecule has 5 heterocycles. The molecule has 188 valence electrons. The first-order valence-corrected chi connectivity index (χ1v) is 12.6. The third-order valence-electron chi connectivity index (χ3n) is 7.26. The molecular weight excluding hydrogens is 480 g/mol. The van der Waals surface area contributed by atoms with Crippen molar-refractivity contribution in [2.24, 2.45) is 7.05 Å². The highest BCUT2D eigenvalue weighted by Gasteiger charge is 2.37. The van der Waals surface area contributed by atoms with Crippen molar-refractivity contribution in [2.45, 2.75) is 58.3 Å². The minimum absolute atomic E-state index is 0.0560. The second-order valence-corrected chi connectivity index (χ2v) is 9.64. The van der Waals surface area contributed by atoms with Crippen molar-refractivity contribution in [1.82, 2.24) is 38.8 Å². The molecule has 36 heavy (non-hydrogen) atoms. The Balaban J connectivity index is 1.51. The Morgan fingerprint density at radius 2 is 1.97 bits per heavy atom. The fourth-order valence-corrected chi connectivity index (χ4v) is 5.34. The molecule has 0 amide bonds. The van der Waals surface area contributed by atoms with E-state index in [1.165, 1.54) is 4.57 Å². The molecule has 1 saturated heterocycles. The summed E-state index contributed by atoms with van der Waals surface area (Å²) in [5.74, 6) is 0.590. The van der Waals surface area contributed by atoms with Gasteiger partial charge in [-0.3, -0.25) is 14.1 Å². The number of hydrogen-bond acceptors (Lipinski definition) is 8. The van der Waals surface area contributed by atoms with E-state index in [1.54, 1.807) is 28.6 Å². The first-order valence-electron chi connectivity index (χ1n) is 12.2. The van der Waals surface area contributed by atoms with Crippen LogP contribution in [-0.2, 0) is 13.6 Å². The Labute approximate surface area is 213 Å². The summed E-state index contributed by atoms with van der Waals surface area (Å²) in [6.45, 7) is 8.09. The Kier molecular flexibility index (Phi) is 6.40. The molecule has 12 heteroatoms. The maximum Gasteiger partial charge on any atom is 0.349 e. The van der Waals surface area contributed by atoms with Crippen molar-refractivity contribution < 1.29 is 0 Å². The van der Waals surface area contributed by atoms with Gasteiger partial charge in [0.25, 0.3) is 0 Å². The van der Waals surface area contributed by atoms with Crippen molar-refractivity contribution in [3.8, 4) is 6.07 Å². The van der Waals surface area contributed by atoms with Crippen LogP contribution in [0.15, 0.2) is 29.3 Å². The number of aryl methyl sites for hydroxylation is 1. The smallest absolute Gasteiger partial charge is 0.349 e. The van der Waals surface area contributed by atoms with Crippen LogP contribution in [0.5, 0.6) is 0 Å². The van der Waals surface area contributed by atoms with E-state index in [4.69, 9.17) is 22.0 Å². The van der Waals surface area contributed by atoms with Gasteiger partial charge in [0, 0.05) is 32.2 Å². The summed E-state index contributed by atoms with van der Waals surface area (Å²) in [6, 6.07) is 6.46. The summed E-state index contributed by atoms with van der Waals surface area (Å²) in [5.41, 5.74) is 2.63. The molecule has 0 aliphatic carbocycles. The first-order chi connectivity index (χ1) is 17.4.